The molecule has 1 aliphatic rings. The molecule has 1 heterocycles. The minimum atomic E-state index is -0.414. The molecular weight excluding hydrogens is 288 g/mol. The highest BCUT2D eigenvalue weighted by Crippen LogP contribution is 2.12. The molecule has 1 aromatic rings. The number of rotatable bonds is 4. The van der Waals surface area contributed by atoms with Gasteiger partial charge in [0.15, 0.2) is 0 Å². The second-order valence-electron chi connectivity index (χ2n) is 7.40. The quantitative estimate of drug-likeness (QED) is 0.852. The molecule has 1 amide bonds. The Kier molecular flexibility index (Phi) is 6.05. The van der Waals surface area contributed by atoms with Crippen LogP contribution in [0.25, 0.3) is 0 Å². The molecule has 0 unspecified atom stereocenters. The van der Waals surface area contributed by atoms with Gasteiger partial charge in [0.05, 0.1) is 0 Å². The molecule has 4 nitrogen and oxygen atoms in total. The topological polar surface area (TPSA) is 32.8 Å². The van der Waals surface area contributed by atoms with Gasteiger partial charge in [-0.25, -0.2) is 4.79 Å². The van der Waals surface area contributed by atoms with E-state index in [9.17, 15) is 4.79 Å². The summed E-state index contributed by atoms with van der Waals surface area (Å²) in [4.78, 5) is 16.3. The van der Waals surface area contributed by atoms with E-state index in [4.69, 9.17) is 4.74 Å². The smallest absolute Gasteiger partial charge is 0.410 e. The maximum absolute atomic E-state index is 12.0. The van der Waals surface area contributed by atoms with Crippen molar-refractivity contribution in [3.8, 4) is 0 Å². The van der Waals surface area contributed by atoms with E-state index in [0.29, 0.717) is 0 Å². The molecule has 0 aromatic heterocycles. The number of hydrogen-bond acceptors (Lipinski definition) is 3. The first-order valence-electron chi connectivity index (χ1n) is 8.59. The van der Waals surface area contributed by atoms with Crippen LogP contribution in [0.3, 0.4) is 0 Å². The summed E-state index contributed by atoms with van der Waals surface area (Å²) >= 11 is 0. The fraction of sp³-hybridized carbons (Fsp3) is 0.632. The summed E-state index contributed by atoms with van der Waals surface area (Å²) in [6, 6.07) is 8.79. The number of piperazine rings is 1. The van der Waals surface area contributed by atoms with Crippen LogP contribution in [0.2, 0.25) is 0 Å². The molecule has 0 radical (unpaired) electrons. The molecule has 2 rings (SSSR count). The Morgan fingerprint density at radius 1 is 1.09 bits per heavy atom. The van der Waals surface area contributed by atoms with Crippen LogP contribution in [0, 0.1) is 6.92 Å². The molecular formula is C19H30N2O2. The summed E-state index contributed by atoms with van der Waals surface area (Å²) in [6.07, 6.45) is 2.10. The average Bonchev–Trinajstić information content (AvgIpc) is 2.48. The van der Waals surface area contributed by atoms with Crippen molar-refractivity contribution in [1.82, 2.24) is 9.80 Å². The van der Waals surface area contributed by atoms with Gasteiger partial charge in [-0.2, -0.15) is 0 Å². The first-order chi connectivity index (χ1) is 10.8. The van der Waals surface area contributed by atoms with Crippen molar-refractivity contribution in [2.24, 2.45) is 0 Å². The van der Waals surface area contributed by atoms with Crippen LogP contribution in [-0.2, 0) is 11.2 Å². The molecule has 1 aromatic carbocycles. The van der Waals surface area contributed by atoms with Crippen molar-refractivity contribution in [3.63, 3.8) is 0 Å². The lowest BCUT2D eigenvalue weighted by Crippen LogP contribution is -2.50. The van der Waals surface area contributed by atoms with Crippen molar-refractivity contribution >= 4 is 6.09 Å². The zero-order chi connectivity index (χ0) is 16.9. The van der Waals surface area contributed by atoms with E-state index < -0.39 is 5.60 Å². The lowest BCUT2D eigenvalue weighted by atomic mass is 10.1. The van der Waals surface area contributed by atoms with Gasteiger partial charge < -0.3 is 9.64 Å². The Hall–Kier alpha value is -1.55. The summed E-state index contributed by atoms with van der Waals surface area (Å²) in [5.41, 5.74) is 2.30. The predicted octanol–water partition coefficient (Wildman–Crippen LogP) is 3.48. The molecule has 1 saturated heterocycles. The van der Waals surface area contributed by atoms with Gasteiger partial charge in [-0.1, -0.05) is 29.8 Å². The number of benzene rings is 1. The van der Waals surface area contributed by atoms with Crippen LogP contribution < -0.4 is 0 Å². The van der Waals surface area contributed by atoms with E-state index in [1.807, 2.05) is 25.7 Å². The molecule has 1 fully saturated rings. The monoisotopic (exact) mass is 318 g/mol. The molecule has 0 saturated carbocycles. The zero-order valence-corrected chi connectivity index (χ0v) is 15.0. The van der Waals surface area contributed by atoms with Gasteiger partial charge in [-0.3, -0.25) is 4.90 Å². The van der Waals surface area contributed by atoms with Gasteiger partial charge in [-0.05, 0) is 52.6 Å². The molecule has 0 spiro atoms. The van der Waals surface area contributed by atoms with Gasteiger partial charge in [0.25, 0.3) is 0 Å². The van der Waals surface area contributed by atoms with Crippen LogP contribution in [0.5, 0.6) is 0 Å². The summed E-state index contributed by atoms with van der Waals surface area (Å²) < 4.78 is 5.43. The van der Waals surface area contributed by atoms with Gasteiger partial charge in [0.1, 0.15) is 5.60 Å². The Labute approximate surface area is 140 Å². The number of carbonyl (C=O) groups excluding carboxylic acids is 1. The lowest BCUT2D eigenvalue weighted by Gasteiger charge is -2.35. The Morgan fingerprint density at radius 2 is 1.70 bits per heavy atom. The fourth-order valence-corrected chi connectivity index (χ4v) is 2.74. The van der Waals surface area contributed by atoms with Gasteiger partial charge in [-0.15, -0.1) is 0 Å². The van der Waals surface area contributed by atoms with Crippen molar-refractivity contribution in [2.75, 3.05) is 32.7 Å². The maximum Gasteiger partial charge on any atom is 0.410 e. The molecule has 0 N–H and O–H groups in total. The van der Waals surface area contributed by atoms with Crippen LogP contribution in [0.15, 0.2) is 24.3 Å². The third-order valence-corrected chi connectivity index (χ3v) is 4.08. The van der Waals surface area contributed by atoms with Crippen molar-refractivity contribution in [3.05, 3.63) is 35.4 Å². The molecule has 1 aliphatic heterocycles. The summed E-state index contributed by atoms with van der Waals surface area (Å²) in [7, 11) is 0. The largest absolute Gasteiger partial charge is 0.444 e. The molecule has 0 atom stereocenters. The number of hydrogen-bond donors (Lipinski definition) is 0. The van der Waals surface area contributed by atoms with Crippen LogP contribution in [-0.4, -0.2) is 54.2 Å². The van der Waals surface area contributed by atoms with E-state index in [0.717, 1.165) is 45.6 Å². The van der Waals surface area contributed by atoms with Gasteiger partial charge in [0, 0.05) is 26.2 Å². The number of amides is 1. The Morgan fingerprint density at radius 3 is 2.26 bits per heavy atom. The third kappa shape index (κ3) is 6.22. The van der Waals surface area contributed by atoms with Crippen LogP contribution in [0.4, 0.5) is 4.79 Å². The van der Waals surface area contributed by atoms with Crippen molar-refractivity contribution in [1.29, 1.82) is 0 Å². The summed E-state index contributed by atoms with van der Waals surface area (Å²) in [5.74, 6) is 0. The molecule has 23 heavy (non-hydrogen) atoms. The van der Waals surface area contributed by atoms with Gasteiger partial charge in [0.2, 0.25) is 0 Å². The predicted molar refractivity (Wildman–Crippen MR) is 93.7 cm³/mol. The van der Waals surface area contributed by atoms with E-state index >= 15 is 0 Å². The minimum absolute atomic E-state index is 0.184. The number of aryl methyl sites for hydroxylation is 2. The first kappa shape index (κ1) is 17.8. The van der Waals surface area contributed by atoms with E-state index in [2.05, 4.69) is 36.1 Å². The third-order valence-electron chi connectivity index (χ3n) is 4.08. The first-order valence-corrected chi connectivity index (χ1v) is 8.59. The maximum atomic E-state index is 12.0. The number of ether oxygens (including phenoxy) is 1. The molecule has 0 aliphatic carbocycles. The summed E-state index contributed by atoms with van der Waals surface area (Å²) in [6.45, 7) is 12.3. The highest BCUT2D eigenvalue weighted by molar-refractivity contribution is 5.68. The number of nitrogens with zero attached hydrogens (tertiary/aromatic N) is 2. The number of carbonyl (C=O) groups is 1. The van der Waals surface area contributed by atoms with E-state index in [1.54, 1.807) is 0 Å². The van der Waals surface area contributed by atoms with Crippen molar-refractivity contribution < 1.29 is 9.53 Å². The average molecular weight is 318 g/mol. The van der Waals surface area contributed by atoms with E-state index in [1.165, 1.54) is 11.1 Å². The highest BCUT2D eigenvalue weighted by atomic mass is 16.6. The normalized spacial score (nSPS) is 16.4. The SMILES string of the molecule is Cc1ccc(CCCN2CCN(C(=O)OC(C)(C)C)CC2)cc1. The van der Waals surface area contributed by atoms with Crippen LogP contribution in [0.1, 0.15) is 38.3 Å². The standard InChI is InChI=1S/C19H30N2O2/c1-16-7-9-17(10-8-16)6-5-11-20-12-14-21(15-13-20)18(22)23-19(2,3)4/h7-10H,5-6,11-15H2,1-4H3. The van der Waals surface area contributed by atoms with Gasteiger partial charge >= 0.3 is 6.09 Å². The summed E-state index contributed by atoms with van der Waals surface area (Å²) in [5, 5.41) is 0. The zero-order valence-electron chi connectivity index (χ0n) is 15.0. The fourth-order valence-electron chi connectivity index (χ4n) is 2.74. The van der Waals surface area contributed by atoms with Crippen LogP contribution >= 0.6 is 0 Å². The Balaban J connectivity index is 1.66. The molecule has 0 bridgehead atoms. The minimum Gasteiger partial charge on any atom is -0.444 e. The Bertz CT molecular complexity index is 497. The highest BCUT2D eigenvalue weighted by Gasteiger charge is 2.25. The lowest BCUT2D eigenvalue weighted by molar-refractivity contribution is 0.0145. The molecule has 4 heteroatoms. The second-order valence-corrected chi connectivity index (χ2v) is 7.40. The van der Waals surface area contributed by atoms with E-state index in [-0.39, 0.29) is 6.09 Å². The van der Waals surface area contributed by atoms with Crippen molar-refractivity contribution in [2.45, 2.75) is 46.1 Å². The second kappa shape index (κ2) is 7.82. The molecule has 128 valence electrons.